The fraction of sp³-hybridized carbons (Fsp3) is 0.615. The largest absolute Gasteiger partial charge is 0.341 e. The number of carbonyl (C=O) groups excluding carboxylic acids is 1. The SMILES string of the molecule is CC(C(=O)N1C[C@H]2CNC[C@H]2C1)c1ccc(Cl)s1. The lowest BCUT2D eigenvalue weighted by Crippen LogP contribution is -2.34. The zero-order chi connectivity index (χ0) is 12.7. The highest BCUT2D eigenvalue weighted by atomic mass is 35.5. The number of rotatable bonds is 2. The summed E-state index contributed by atoms with van der Waals surface area (Å²) in [6.45, 7) is 5.94. The Balaban J connectivity index is 1.68. The molecule has 3 rings (SSSR count). The van der Waals surface area contributed by atoms with Crippen molar-refractivity contribution in [3.05, 3.63) is 21.3 Å². The number of nitrogens with one attached hydrogen (secondary N) is 1. The van der Waals surface area contributed by atoms with Crippen LogP contribution in [0.5, 0.6) is 0 Å². The van der Waals surface area contributed by atoms with Crippen LogP contribution in [0, 0.1) is 11.8 Å². The molecule has 2 fully saturated rings. The van der Waals surface area contributed by atoms with Gasteiger partial charge in [0.2, 0.25) is 5.91 Å². The summed E-state index contributed by atoms with van der Waals surface area (Å²) in [7, 11) is 0. The first kappa shape index (κ1) is 12.5. The molecule has 98 valence electrons. The minimum absolute atomic E-state index is 0.0608. The minimum Gasteiger partial charge on any atom is -0.341 e. The van der Waals surface area contributed by atoms with E-state index >= 15 is 0 Å². The van der Waals surface area contributed by atoms with Crippen LogP contribution in [0.4, 0.5) is 0 Å². The molecular formula is C13H17ClN2OS. The Hall–Kier alpha value is -0.580. The molecule has 18 heavy (non-hydrogen) atoms. The highest BCUT2D eigenvalue weighted by molar-refractivity contribution is 7.16. The van der Waals surface area contributed by atoms with Crippen molar-refractivity contribution in [1.82, 2.24) is 10.2 Å². The first-order chi connectivity index (χ1) is 8.65. The number of hydrogen-bond acceptors (Lipinski definition) is 3. The number of nitrogens with zero attached hydrogens (tertiary/aromatic N) is 1. The van der Waals surface area contributed by atoms with E-state index in [1.165, 1.54) is 11.3 Å². The smallest absolute Gasteiger partial charge is 0.230 e. The summed E-state index contributed by atoms with van der Waals surface area (Å²) in [6.07, 6.45) is 0. The molecule has 5 heteroatoms. The van der Waals surface area contributed by atoms with Crippen LogP contribution in [0.3, 0.4) is 0 Å². The number of amides is 1. The van der Waals surface area contributed by atoms with E-state index in [-0.39, 0.29) is 11.8 Å². The predicted octanol–water partition coefficient (Wildman–Crippen LogP) is 2.18. The van der Waals surface area contributed by atoms with Gasteiger partial charge in [0.05, 0.1) is 10.3 Å². The third-order valence-corrected chi connectivity index (χ3v) is 5.51. The number of fused-ring (bicyclic) bond motifs is 1. The minimum atomic E-state index is -0.0608. The molecule has 1 amide bonds. The van der Waals surface area contributed by atoms with E-state index in [0.717, 1.165) is 35.4 Å². The van der Waals surface area contributed by atoms with E-state index < -0.39 is 0 Å². The van der Waals surface area contributed by atoms with Gasteiger partial charge in [0, 0.05) is 31.1 Å². The van der Waals surface area contributed by atoms with E-state index in [0.29, 0.717) is 11.8 Å². The van der Waals surface area contributed by atoms with Crippen LogP contribution in [0.15, 0.2) is 12.1 Å². The predicted molar refractivity (Wildman–Crippen MR) is 74.2 cm³/mol. The number of halogens is 1. The zero-order valence-electron chi connectivity index (χ0n) is 10.4. The number of hydrogen-bond donors (Lipinski definition) is 1. The fourth-order valence-corrected chi connectivity index (χ4v) is 4.10. The van der Waals surface area contributed by atoms with Crippen molar-refractivity contribution >= 4 is 28.8 Å². The Morgan fingerprint density at radius 2 is 2.11 bits per heavy atom. The molecule has 2 aliphatic rings. The summed E-state index contributed by atoms with van der Waals surface area (Å²) < 4.78 is 0.757. The van der Waals surface area contributed by atoms with Crippen molar-refractivity contribution < 1.29 is 4.79 Å². The van der Waals surface area contributed by atoms with E-state index in [4.69, 9.17) is 11.6 Å². The monoisotopic (exact) mass is 284 g/mol. The summed E-state index contributed by atoms with van der Waals surface area (Å²) >= 11 is 7.44. The normalized spacial score (nSPS) is 28.4. The lowest BCUT2D eigenvalue weighted by Gasteiger charge is -2.21. The summed E-state index contributed by atoms with van der Waals surface area (Å²) in [6, 6.07) is 3.84. The Kier molecular flexibility index (Phi) is 3.34. The molecule has 0 aliphatic carbocycles. The highest BCUT2D eigenvalue weighted by Crippen LogP contribution is 2.32. The average molecular weight is 285 g/mol. The summed E-state index contributed by atoms with van der Waals surface area (Å²) in [5.74, 6) is 1.51. The van der Waals surface area contributed by atoms with Crippen molar-refractivity contribution in [2.45, 2.75) is 12.8 Å². The fourth-order valence-electron chi connectivity index (χ4n) is 2.99. The maximum atomic E-state index is 12.5. The van der Waals surface area contributed by atoms with Gasteiger partial charge in [-0.3, -0.25) is 4.79 Å². The van der Waals surface area contributed by atoms with Gasteiger partial charge < -0.3 is 10.2 Å². The van der Waals surface area contributed by atoms with Crippen LogP contribution in [-0.4, -0.2) is 37.0 Å². The third kappa shape index (κ3) is 2.17. The molecule has 2 aliphatic heterocycles. The van der Waals surface area contributed by atoms with Gasteiger partial charge in [0.1, 0.15) is 0 Å². The Labute approximate surface area is 116 Å². The first-order valence-corrected chi connectivity index (χ1v) is 7.59. The lowest BCUT2D eigenvalue weighted by atomic mass is 10.0. The van der Waals surface area contributed by atoms with Crippen LogP contribution >= 0.6 is 22.9 Å². The Morgan fingerprint density at radius 3 is 2.67 bits per heavy atom. The third-order valence-electron chi connectivity index (χ3n) is 4.09. The Bertz CT molecular complexity index is 450. The maximum absolute atomic E-state index is 12.5. The summed E-state index contributed by atoms with van der Waals surface area (Å²) in [5.41, 5.74) is 0. The maximum Gasteiger partial charge on any atom is 0.230 e. The molecule has 3 atom stereocenters. The van der Waals surface area contributed by atoms with Crippen molar-refractivity contribution in [2.75, 3.05) is 26.2 Å². The molecule has 3 heterocycles. The van der Waals surface area contributed by atoms with Gasteiger partial charge in [0.15, 0.2) is 0 Å². The van der Waals surface area contributed by atoms with Gasteiger partial charge in [-0.15, -0.1) is 11.3 Å². The molecule has 1 unspecified atom stereocenters. The molecule has 1 N–H and O–H groups in total. The van der Waals surface area contributed by atoms with Crippen molar-refractivity contribution in [1.29, 1.82) is 0 Å². The Morgan fingerprint density at radius 1 is 1.44 bits per heavy atom. The van der Waals surface area contributed by atoms with E-state index in [9.17, 15) is 4.79 Å². The van der Waals surface area contributed by atoms with Crippen molar-refractivity contribution in [3.63, 3.8) is 0 Å². The zero-order valence-corrected chi connectivity index (χ0v) is 11.9. The van der Waals surface area contributed by atoms with Crippen LogP contribution in [0.2, 0.25) is 4.34 Å². The van der Waals surface area contributed by atoms with Gasteiger partial charge in [0.25, 0.3) is 0 Å². The first-order valence-electron chi connectivity index (χ1n) is 6.40. The summed E-state index contributed by atoms with van der Waals surface area (Å²) in [4.78, 5) is 15.6. The lowest BCUT2D eigenvalue weighted by molar-refractivity contribution is -0.131. The molecule has 0 aromatic carbocycles. The van der Waals surface area contributed by atoms with Gasteiger partial charge in [-0.05, 0) is 30.9 Å². The van der Waals surface area contributed by atoms with Gasteiger partial charge >= 0.3 is 0 Å². The number of thiophene rings is 1. The molecule has 1 aromatic rings. The van der Waals surface area contributed by atoms with Crippen molar-refractivity contribution in [3.8, 4) is 0 Å². The van der Waals surface area contributed by atoms with Gasteiger partial charge in [-0.2, -0.15) is 0 Å². The van der Waals surface area contributed by atoms with E-state index in [1.54, 1.807) is 0 Å². The molecular weight excluding hydrogens is 268 g/mol. The molecule has 2 saturated heterocycles. The standard InChI is InChI=1S/C13H17ClN2OS/c1-8(11-2-3-12(14)18-11)13(17)16-6-9-4-15-5-10(9)7-16/h2-3,8-10,15H,4-7H2,1H3/t8?,9-,10+. The molecule has 3 nitrogen and oxygen atoms in total. The molecule has 0 saturated carbocycles. The van der Waals surface area contributed by atoms with Crippen LogP contribution < -0.4 is 5.32 Å². The number of carbonyl (C=O) groups is 1. The highest BCUT2D eigenvalue weighted by Gasteiger charge is 2.39. The van der Waals surface area contributed by atoms with E-state index in [1.807, 2.05) is 24.0 Å². The molecule has 0 radical (unpaired) electrons. The number of likely N-dealkylation sites (tertiary alicyclic amines) is 1. The van der Waals surface area contributed by atoms with Crippen LogP contribution in [0.25, 0.3) is 0 Å². The molecule has 0 spiro atoms. The summed E-state index contributed by atoms with van der Waals surface area (Å²) in [5, 5.41) is 3.39. The topological polar surface area (TPSA) is 32.3 Å². The van der Waals surface area contributed by atoms with Gasteiger partial charge in [-0.25, -0.2) is 0 Å². The second-order valence-electron chi connectivity index (χ2n) is 5.29. The van der Waals surface area contributed by atoms with Gasteiger partial charge in [-0.1, -0.05) is 11.6 Å². The van der Waals surface area contributed by atoms with Crippen LogP contribution in [0.1, 0.15) is 17.7 Å². The second kappa shape index (κ2) is 4.83. The van der Waals surface area contributed by atoms with Crippen molar-refractivity contribution in [2.24, 2.45) is 11.8 Å². The molecule has 0 bridgehead atoms. The average Bonchev–Trinajstić information content (AvgIpc) is 3.00. The second-order valence-corrected chi connectivity index (χ2v) is 7.03. The quantitative estimate of drug-likeness (QED) is 0.903. The van der Waals surface area contributed by atoms with Crippen LogP contribution in [-0.2, 0) is 4.79 Å². The molecule has 1 aromatic heterocycles. The van der Waals surface area contributed by atoms with E-state index in [2.05, 4.69) is 5.32 Å².